The third-order valence-corrected chi connectivity index (χ3v) is 3.55. The molecule has 2 atom stereocenters. The summed E-state index contributed by atoms with van der Waals surface area (Å²) in [6, 6.07) is -0.906. The van der Waals surface area contributed by atoms with Gasteiger partial charge >= 0.3 is 5.97 Å². The summed E-state index contributed by atoms with van der Waals surface area (Å²) in [6.07, 6.45) is 0.153. The molecule has 1 saturated heterocycles. The Morgan fingerprint density at radius 1 is 1.35 bits per heavy atom. The molecule has 2 N–H and O–H groups in total. The fourth-order valence-corrected chi connectivity index (χ4v) is 2.32. The van der Waals surface area contributed by atoms with E-state index in [1.807, 2.05) is 13.8 Å². The maximum atomic E-state index is 12.2. The third-order valence-electron chi connectivity index (χ3n) is 3.55. The molecule has 0 aromatic carbocycles. The molecule has 114 valence electrons. The number of likely N-dealkylation sites (tertiary alicyclic amines) is 1. The van der Waals surface area contributed by atoms with E-state index < -0.39 is 23.3 Å². The van der Waals surface area contributed by atoms with Gasteiger partial charge in [0, 0.05) is 19.0 Å². The number of carbonyl (C=O) groups excluding carboxylic acids is 2. The highest BCUT2D eigenvalue weighted by Gasteiger charge is 2.39. The normalized spacial score (nSPS) is 21.2. The standard InChI is InChI=1S/C14H24N2O4/c1-8(2)16-7-9(6-10(16)17)12(18)15-11(13(19)20)14(3,4)5/h8-9,11H,6-7H2,1-5H3,(H,15,18)(H,19,20)/t9?,11-/m0/s1. The molecule has 1 heterocycles. The van der Waals surface area contributed by atoms with Crippen LogP contribution in [0.5, 0.6) is 0 Å². The zero-order chi connectivity index (χ0) is 15.7. The maximum absolute atomic E-state index is 12.2. The molecule has 1 fully saturated rings. The lowest BCUT2D eigenvalue weighted by atomic mass is 9.86. The van der Waals surface area contributed by atoms with Gasteiger partial charge in [-0.25, -0.2) is 4.79 Å². The summed E-state index contributed by atoms with van der Waals surface area (Å²) in [6.45, 7) is 9.42. The largest absolute Gasteiger partial charge is 0.480 e. The molecule has 1 unspecified atom stereocenters. The van der Waals surface area contributed by atoms with Gasteiger partial charge in [0.2, 0.25) is 11.8 Å². The summed E-state index contributed by atoms with van der Waals surface area (Å²) in [4.78, 5) is 36.8. The third kappa shape index (κ3) is 3.71. The predicted molar refractivity (Wildman–Crippen MR) is 74.0 cm³/mol. The van der Waals surface area contributed by atoms with Crippen molar-refractivity contribution in [2.45, 2.75) is 53.1 Å². The first-order valence-electron chi connectivity index (χ1n) is 6.86. The van der Waals surface area contributed by atoms with Gasteiger partial charge in [-0.2, -0.15) is 0 Å². The minimum atomic E-state index is -1.06. The van der Waals surface area contributed by atoms with Crippen LogP contribution in [0.2, 0.25) is 0 Å². The average Bonchev–Trinajstić information content (AvgIpc) is 2.65. The van der Waals surface area contributed by atoms with E-state index in [9.17, 15) is 19.5 Å². The van der Waals surface area contributed by atoms with Crippen LogP contribution in [0.25, 0.3) is 0 Å². The van der Waals surface area contributed by atoms with Crippen molar-refractivity contribution in [2.24, 2.45) is 11.3 Å². The summed E-state index contributed by atoms with van der Waals surface area (Å²) in [5.74, 6) is -1.93. The molecule has 20 heavy (non-hydrogen) atoms. The second kappa shape index (κ2) is 5.81. The smallest absolute Gasteiger partial charge is 0.326 e. The van der Waals surface area contributed by atoms with Gasteiger partial charge in [-0.3, -0.25) is 9.59 Å². The lowest BCUT2D eigenvalue weighted by Gasteiger charge is -2.28. The zero-order valence-corrected chi connectivity index (χ0v) is 12.8. The van der Waals surface area contributed by atoms with Gasteiger partial charge in [0.25, 0.3) is 0 Å². The van der Waals surface area contributed by atoms with E-state index in [-0.39, 0.29) is 24.3 Å². The number of amides is 2. The first-order chi connectivity index (χ1) is 9.04. The Kier molecular flexibility index (Phi) is 4.78. The monoisotopic (exact) mass is 284 g/mol. The molecule has 0 saturated carbocycles. The lowest BCUT2D eigenvalue weighted by Crippen LogP contribution is -2.51. The van der Waals surface area contributed by atoms with Gasteiger partial charge in [0.05, 0.1) is 5.92 Å². The van der Waals surface area contributed by atoms with Crippen molar-refractivity contribution in [3.8, 4) is 0 Å². The average molecular weight is 284 g/mol. The Morgan fingerprint density at radius 3 is 2.25 bits per heavy atom. The fourth-order valence-electron chi connectivity index (χ4n) is 2.32. The minimum absolute atomic E-state index is 0.0530. The summed E-state index contributed by atoms with van der Waals surface area (Å²) in [5.41, 5.74) is -0.582. The van der Waals surface area contributed by atoms with Crippen LogP contribution in [0.1, 0.15) is 41.0 Å². The van der Waals surface area contributed by atoms with E-state index in [0.717, 1.165) is 0 Å². The number of carbonyl (C=O) groups is 3. The van der Waals surface area contributed by atoms with E-state index in [1.165, 1.54) is 0 Å². The summed E-state index contributed by atoms with van der Waals surface area (Å²) >= 11 is 0. The van der Waals surface area contributed by atoms with Crippen LogP contribution < -0.4 is 5.32 Å². The molecule has 6 nitrogen and oxygen atoms in total. The Bertz CT molecular complexity index is 412. The van der Waals surface area contributed by atoms with E-state index in [2.05, 4.69) is 5.32 Å². The second-order valence-corrected chi connectivity index (χ2v) is 6.69. The summed E-state index contributed by atoms with van der Waals surface area (Å²) in [5, 5.41) is 11.8. The topological polar surface area (TPSA) is 86.7 Å². The lowest BCUT2D eigenvalue weighted by molar-refractivity contribution is -0.145. The molecular weight excluding hydrogens is 260 g/mol. The van der Waals surface area contributed by atoms with Crippen LogP contribution >= 0.6 is 0 Å². The SMILES string of the molecule is CC(C)N1CC(C(=O)N[C@@H](C(=O)O)C(C)(C)C)CC1=O. The van der Waals surface area contributed by atoms with Crippen molar-refractivity contribution in [3.05, 3.63) is 0 Å². The summed E-state index contributed by atoms with van der Waals surface area (Å²) in [7, 11) is 0. The molecule has 0 bridgehead atoms. The first-order valence-corrected chi connectivity index (χ1v) is 6.86. The molecule has 0 aromatic heterocycles. The van der Waals surface area contributed by atoms with E-state index in [0.29, 0.717) is 6.54 Å². The number of carboxylic acid groups (broad SMARTS) is 1. The van der Waals surface area contributed by atoms with Gasteiger partial charge in [0.1, 0.15) is 6.04 Å². The van der Waals surface area contributed by atoms with Crippen LogP contribution in [0.3, 0.4) is 0 Å². The van der Waals surface area contributed by atoms with Gasteiger partial charge in [0.15, 0.2) is 0 Å². The maximum Gasteiger partial charge on any atom is 0.326 e. The molecule has 6 heteroatoms. The van der Waals surface area contributed by atoms with Crippen LogP contribution in [0.15, 0.2) is 0 Å². The molecule has 0 aliphatic carbocycles. The fraction of sp³-hybridized carbons (Fsp3) is 0.786. The second-order valence-electron chi connectivity index (χ2n) is 6.69. The van der Waals surface area contributed by atoms with Crippen molar-refractivity contribution in [1.29, 1.82) is 0 Å². The van der Waals surface area contributed by atoms with Crippen LogP contribution in [0.4, 0.5) is 0 Å². The Morgan fingerprint density at radius 2 is 1.90 bits per heavy atom. The molecule has 0 aromatic rings. The molecule has 2 amide bonds. The van der Waals surface area contributed by atoms with Gasteiger partial charge in [-0.15, -0.1) is 0 Å². The van der Waals surface area contributed by atoms with Gasteiger partial charge in [-0.05, 0) is 19.3 Å². The number of nitrogens with zero attached hydrogens (tertiary/aromatic N) is 1. The van der Waals surface area contributed by atoms with Crippen molar-refractivity contribution in [1.82, 2.24) is 10.2 Å². The number of aliphatic carboxylic acids is 1. The number of nitrogens with one attached hydrogen (secondary N) is 1. The first kappa shape index (κ1) is 16.5. The molecular formula is C14H24N2O4. The summed E-state index contributed by atoms with van der Waals surface area (Å²) < 4.78 is 0. The quantitative estimate of drug-likeness (QED) is 0.801. The van der Waals surface area contributed by atoms with Crippen molar-refractivity contribution in [2.75, 3.05) is 6.54 Å². The molecule has 1 aliphatic rings. The molecule has 1 rings (SSSR count). The van der Waals surface area contributed by atoms with Gasteiger partial charge < -0.3 is 15.3 Å². The molecule has 0 radical (unpaired) electrons. The van der Waals surface area contributed by atoms with Gasteiger partial charge in [-0.1, -0.05) is 20.8 Å². The van der Waals surface area contributed by atoms with E-state index >= 15 is 0 Å². The van der Waals surface area contributed by atoms with E-state index in [1.54, 1.807) is 25.7 Å². The van der Waals surface area contributed by atoms with E-state index in [4.69, 9.17) is 0 Å². The number of hydrogen-bond acceptors (Lipinski definition) is 3. The number of carboxylic acids is 1. The number of rotatable bonds is 4. The van der Waals surface area contributed by atoms with Crippen molar-refractivity contribution < 1.29 is 19.5 Å². The highest BCUT2D eigenvalue weighted by molar-refractivity contribution is 5.91. The molecule has 0 spiro atoms. The minimum Gasteiger partial charge on any atom is -0.480 e. The van der Waals surface area contributed by atoms with Crippen LogP contribution in [-0.2, 0) is 14.4 Å². The molecule has 1 aliphatic heterocycles. The van der Waals surface area contributed by atoms with Crippen LogP contribution in [0, 0.1) is 11.3 Å². The van der Waals surface area contributed by atoms with Crippen LogP contribution in [-0.4, -0.2) is 46.4 Å². The van der Waals surface area contributed by atoms with Crippen molar-refractivity contribution in [3.63, 3.8) is 0 Å². The highest BCUT2D eigenvalue weighted by Crippen LogP contribution is 2.23. The number of hydrogen-bond donors (Lipinski definition) is 2. The highest BCUT2D eigenvalue weighted by atomic mass is 16.4. The Balaban J connectivity index is 2.73. The Labute approximate surface area is 119 Å². The van der Waals surface area contributed by atoms with Crippen molar-refractivity contribution >= 4 is 17.8 Å². The predicted octanol–water partition coefficient (Wildman–Crippen LogP) is 0.859. The Hall–Kier alpha value is -1.59. The zero-order valence-electron chi connectivity index (χ0n) is 12.8.